The maximum Gasteiger partial charge on any atom is 0.505 e. The highest BCUT2D eigenvalue weighted by Gasteiger charge is 2.21. The minimum Gasteiger partial charge on any atom is -0.462 e. The summed E-state index contributed by atoms with van der Waals surface area (Å²) in [5.74, 6) is -1.09. The van der Waals surface area contributed by atoms with Crippen molar-refractivity contribution in [3.8, 4) is 0 Å². The number of esters is 2. The summed E-state index contributed by atoms with van der Waals surface area (Å²) in [5, 5.41) is 8.44. The first-order valence-electron chi connectivity index (χ1n) is 6.46. The molecule has 0 aromatic heterocycles. The SMILES string of the molecule is CC(=O)OCC(COC(=O)O)OC(=O)CN1CCOCC1. The average molecular weight is 305 g/mol. The first-order chi connectivity index (χ1) is 9.97. The Morgan fingerprint density at radius 3 is 2.38 bits per heavy atom. The molecule has 0 saturated carbocycles. The predicted molar refractivity (Wildman–Crippen MR) is 67.7 cm³/mol. The number of hydrogen-bond acceptors (Lipinski definition) is 8. The quantitative estimate of drug-likeness (QED) is 0.490. The standard InChI is InChI=1S/C12H19NO8/c1-9(14)19-7-10(8-20-12(16)17)21-11(15)6-13-2-4-18-5-3-13/h10H,2-8H2,1H3,(H,16,17). The van der Waals surface area contributed by atoms with E-state index in [2.05, 4.69) is 4.74 Å². The molecule has 0 radical (unpaired) electrons. The van der Waals surface area contributed by atoms with Crippen molar-refractivity contribution in [1.29, 1.82) is 0 Å². The predicted octanol–water partition coefficient (Wildman–Crippen LogP) is -0.512. The fraction of sp³-hybridized carbons (Fsp3) is 0.750. The molecule has 9 heteroatoms. The van der Waals surface area contributed by atoms with Gasteiger partial charge in [0.15, 0.2) is 6.10 Å². The van der Waals surface area contributed by atoms with Gasteiger partial charge in [0.05, 0.1) is 19.8 Å². The van der Waals surface area contributed by atoms with Gasteiger partial charge >= 0.3 is 18.1 Å². The number of carboxylic acid groups (broad SMARTS) is 1. The summed E-state index contributed by atoms with van der Waals surface area (Å²) in [6.07, 6.45) is -2.45. The highest BCUT2D eigenvalue weighted by Crippen LogP contribution is 2.01. The minimum absolute atomic E-state index is 0.0625. The van der Waals surface area contributed by atoms with E-state index in [4.69, 9.17) is 19.3 Å². The highest BCUT2D eigenvalue weighted by molar-refractivity contribution is 5.72. The third kappa shape index (κ3) is 8.10. The third-order valence-electron chi connectivity index (χ3n) is 2.62. The van der Waals surface area contributed by atoms with E-state index in [1.54, 1.807) is 0 Å². The maximum absolute atomic E-state index is 11.8. The number of ether oxygens (including phenoxy) is 4. The van der Waals surface area contributed by atoms with Gasteiger partial charge in [-0.1, -0.05) is 0 Å². The summed E-state index contributed by atoms with van der Waals surface area (Å²) in [7, 11) is 0. The van der Waals surface area contributed by atoms with Crippen molar-refractivity contribution < 1.29 is 38.4 Å². The van der Waals surface area contributed by atoms with Crippen molar-refractivity contribution in [1.82, 2.24) is 4.90 Å². The molecule has 1 atom stereocenters. The topological polar surface area (TPSA) is 112 Å². The molecule has 9 nitrogen and oxygen atoms in total. The lowest BCUT2D eigenvalue weighted by molar-refractivity contribution is -0.162. The lowest BCUT2D eigenvalue weighted by atomic mass is 10.4. The molecule has 120 valence electrons. The van der Waals surface area contributed by atoms with Crippen LogP contribution >= 0.6 is 0 Å². The Labute approximate surface area is 121 Å². The lowest BCUT2D eigenvalue weighted by Gasteiger charge is -2.26. The molecule has 0 aromatic carbocycles. The Morgan fingerprint density at radius 1 is 1.19 bits per heavy atom. The van der Waals surface area contributed by atoms with Gasteiger partial charge < -0.3 is 24.1 Å². The van der Waals surface area contributed by atoms with Crippen LogP contribution in [-0.4, -0.2) is 80.3 Å². The molecule has 1 aliphatic rings. The highest BCUT2D eigenvalue weighted by atomic mass is 16.7. The number of morpholine rings is 1. The largest absolute Gasteiger partial charge is 0.505 e. The van der Waals surface area contributed by atoms with Crippen molar-refractivity contribution in [3.05, 3.63) is 0 Å². The summed E-state index contributed by atoms with van der Waals surface area (Å²) in [4.78, 5) is 34.7. The normalized spacial score (nSPS) is 16.8. The monoisotopic (exact) mass is 305 g/mol. The van der Waals surface area contributed by atoms with Gasteiger partial charge in [0.25, 0.3) is 0 Å². The molecule has 1 unspecified atom stereocenters. The molecule has 0 aliphatic carbocycles. The molecule has 1 rings (SSSR count). The summed E-state index contributed by atoms with van der Waals surface area (Å²) in [6.45, 7) is 2.95. The molecule has 1 fully saturated rings. The Kier molecular flexibility index (Phi) is 7.48. The molecule has 0 amide bonds. The fourth-order valence-corrected chi connectivity index (χ4v) is 1.66. The summed E-state index contributed by atoms with van der Waals surface area (Å²) in [5.41, 5.74) is 0. The summed E-state index contributed by atoms with van der Waals surface area (Å²) < 4.78 is 19.3. The van der Waals surface area contributed by atoms with Gasteiger partial charge in [-0.2, -0.15) is 0 Å². The number of carbonyl (C=O) groups excluding carboxylic acids is 2. The van der Waals surface area contributed by atoms with Crippen LogP contribution in [0.3, 0.4) is 0 Å². The Balaban J connectivity index is 2.38. The molecular weight excluding hydrogens is 286 g/mol. The summed E-state index contributed by atoms with van der Waals surface area (Å²) in [6, 6.07) is 0. The van der Waals surface area contributed by atoms with E-state index in [1.165, 1.54) is 6.92 Å². The van der Waals surface area contributed by atoms with Crippen LogP contribution in [0.1, 0.15) is 6.92 Å². The van der Waals surface area contributed by atoms with Gasteiger partial charge in [-0.3, -0.25) is 14.5 Å². The Bertz CT molecular complexity index is 348. The lowest BCUT2D eigenvalue weighted by Crippen LogP contribution is -2.41. The number of rotatable bonds is 7. The van der Waals surface area contributed by atoms with Gasteiger partial charge in [-0.15, -0.1) is 0 Å². The van der Waals surface area contributed by atoms with Crippen LogP contribution in [0, 0.1) is 0 Å². The fourth-order valence-electron chi connectivity index (χ4n) is 1.66. The van der Waals surface area contributed by atoms with E-state index in [1.807, 2.05) is 4.90 Å². The van der Waals surface area contributed by atoms with Crippen molar-refractivity contribution in [2.24, 2.45) is 0 Å². The van der Waals surface area contributed by atoms with E-state index < -0.39 is 30.8 Å². The molecule has 1 heterocycles. The van der Waals surface area contributed by atoms with Crippen molar-refractivity contribution in [2.75, 3.05) is 46.1 Å². The number of nitrogens with zero attached hydrogens (tertiary/aromatic N) is 1. The second-order valence-corrected chi connectivity index (χ2v) is 4.38. The van der Waals surface area contributed by atoms with E-state index >= 15 is 0 Å². The first kappa shape index (κ1) is 17.2. The zero-order chi connectivity index (χ0) is 15.7. The second-order valence-electron chi connectivity index (χ2n) is 4.38. The van der Waals surface area contributed by atoms with Crippen molar-refractivity contribution >= 4 is 18.1 Å². The Morgan fingerprint density at radius 2 is 1.81 bits per heavy atom. The third-order valence-corrected chi connectivity index (χ3v) is 2.62. The van der Waals surface area contributed by atoms with Crippen LogP contribution < -0.4 is 0 Å². The van der Waals surface area contributed by atoms with Crippen LogP contribution in [0.2, 0.25) is 0 Å². The molecule has 0 bridgehead atoms. The van der Waals surface area contributed by atoms with Crippen LogP contribution in [0.25, 0.3) is 0 Å². The molecular formula is C12H19NO8. The van der Waals surface area contributed by atoms with Crippen molar-refractivity contribution in [2.45, 2.75) is 13.0 Å². The zero-order valence-electron chi connectivity index (χ0n) is 11.8. The van der Waals surface area contributed by atoms with Crippen LogP contribution in [0.4, 0.5) is 4.79 Å². The smallest absolute Gasteiger partial charge is 0.462 e. The number of hydrogen-bond donors (Lipinski definition) is 1. The van der Waals surface area contributed by atoms with E-state index in [0.717, 1.165) is 0 Å². The van der Waals surface area contributed by atoms with Crippen molar-refractivity contribution in [3.63, 3.8) is 0 Å². The van der Waals surface area contributed by atoms with Crippen LogP contribution in [0.5, 0.6) is 0 Å². The zero-order valence-corrected chi connectivity index (χ0v) is 11.8. The molecule has 1 saturated heterocycles. The minimum atomic E-state index is -1.49. The second kappa shape index (κ2) is 9.14. The van der Waals surface area contributed by atoms with E-state index in [-0.39, 0.29) is 13.2 Å². The van der Waals surface area contributed by atoms with E-state index in [0.29, 0.717) is 26.3 Å². The first-order valence-corrected chi connectivity index (χ1v) is 6.46. The van der Waals surface area contributed by atoms with Gasteiger partial charge in [0.2, 0.25) is 0 Å². The Hall–Kier alpha value is -1.87. The van der Waals surface area contributed by atoms with Gasteiger partial charge in [0, 0.05) is 20.0 Å². The van der Waals surface area contributed by atoms with Gasteiger partial charge in [-0.05, 0) is 0 Å². The molecule has 21 heavy (non-hydrogen) atoms. The van der Waals surface area contributed by atoms with Gasteiger partial charge in [0.1, 0.15) is 13.2 Å². The molecule has 0 spiro atoms. The molecule has 1 N–H and O–H groups in total. The number of carbonyl (C=O) groups is 3. The van der Waals surface area contributed by atoms with Crippen LogP contribution in [-0.2, 0) is 28.5 Å². The molecule has 0 aromatic rings. The van der Waals surface area contributed by atoms with E-state index in [9.17, 15) is 14.4 Å². The maximum atomic E-state index is 11.8. The summed E-state index contributed by atoms with van der Waals surface area (Å²) >= 11 is 0. The van der Waals surface area contributed by atoms with Crippen LogP contribution in [0.15, 0.2) is 0 Å². The average Bonchev–Trinajstić information content (AvgIpc) is 2.42. The van der Waals surface area contributed by atoms with Gasteiger partial charge in [-0.25, -0.2) is 4.79 Å². The molecule has 1 aliphatic heterocycles.